The smallest absolute Gasteiger partial charge is 0.311 e. The van der Waals surface area contributed by atoms with Gasteiger partial charge in [-0.2, -0.15) is 0 Å². The Morgan fingerprint density at radius 2 is 1.89 bits per heavy atom. The zero-order chi connectivity index (χ0) is 14.3. The van der Waals surface area contributed by atoms with E-state index in [4.69, 9.17) is 4.74 Å². The first-order valence-electron chi connectivity index (χ1n) is 6.85. The van der Waals surface area contributed by atoms with Gasteiger partial charge in [-0.1, -0.05) is 30.3 Å². The number of hydrogen-bond acceptors (Lipinski definition) is 3. The molecule has 1 aromatic rings. The van der Waals surface area contributed by atoms with Crippen LogP contribution in [0.25, 0.3) is 0 Å². The predicted molar refractivity (Wildman–Crippen MR) is 78.0 cm³/mol. The maximum atomic E-state index is 11.7. The molecule has 0 spiro atoms. The lowest BCUT2D eigenvalue weighted by Crippen LogP contribution is -2.33. The molecule has 1 aromatic carbocycles. The molecule has 0 aromatic heterocycles. The third-order valence-electron chi connectivity index (χ3n) is 2.79. The van der Waals surface area contributed by atoms with E-state index >= 15 is 0 Å². The highest BCUT2D eigenvalue weighted by Crippen LogP contribution is 2.16. The number of esters is 1. The van der Waals surface area contributed by atoms with Gasteiger partial charge >= 0.3 is 5.97 Å². The van der Waals surface area contributed by atoms with E-state index in [9.17, 15) is 4.79 Å². The van der Waals surface area contributed by atoms with Crippen LogP contribution in [0.3, 0.4) is 0 Å². The maximum Gasteiger partial charge on any atom is 0.311 e. The van der Waals surface area contributed by atoms with Crippen molar-refractivity contribution in [2.45, 2.75) is 40.2 Å². The summed E-state index contributed by atoms with van der Waals surface area (Å²) >= 11 is 0. The third-order valence-corrected chi connectivity index (χ3v) is 2.79. The van der Waals surface area contributed by atoms with Crippen molar-refractivity contribution >= 4 is 5.97 Å². The first-order valence-corrected chi connectivity index (χ1v) is 6.85. The van der Waals surface area contributed by atoms with Crippen LogP contribution in [0.1, 0.15) is 33.3 Å². The number of ether oxygens (including phenoxy) is 1. The van der Waals surface area contributed by atoms with Crippen molar-refractivity contribution in [3.63, 3.8) is 0 Å². The highest BCUT2D eigenvalue weighted by molar-refractivity contribution is 5.75. The molecule has 1 rings (SSSR count). The molecule has 0 bridgehead atoms. The summed E-state index contributed by atoms with van der Waals surface area (Å²) in [6.07, 6.45) is 0.892. The van der Waals surface area contributed by atoms with Gasteiger partial charge in [0.15, 0.2) is 0 Å². The predicted octanol–water partition coefficient (Wildman–Crippen LogP) is 2.80. The third kappa shape index (κ3) is 6.39. The first-order chi connectivity index (χ1) is 8.89. The Bertz CT molecular complexity index is 381. The fourth-order valence-corrected chi connectivity index (χ4v) is 1.58. The lowest BCUT2D eigenvalue weighted by Gasteiger charge is -2.21. The fourth-order valence-electron chi connectivity index (χ4n) is 1.58. The summed E-state index contributed by atoms with van der Waals surface area (Å²) in [4.78, 5) is 11.7. The highest BCUT2D eigenvalue weighted by Gasteiger charge is 2.24. The van der Waals surface area contributed by atoms with Gasteiger partial charge in [-0.05, 0) is 46.2 Å². The average Bonchev–Trinajstić information content (AvgIpc) is 2.35. The zero-order valence-corrected chi connectivity index (χ0v) is 12.4. The van der Waals surface area contributed by atoms with Crippen LogP contribution in [-0.4, -0.2) is 25.2 Å². The van der Waals surface area contributed by atoms with Crippen molar-refractivity contribution in [1.29, 1.82) is 0 Å². The van der Waals surface area contributed by atoms with Crippen LogP contribution in [0.15, 0.2) is 30.3 Å². The molecule has 0 fully saturated rings. The minimum atomic E-state index is -0.432. The van der Waals surface area contributed by atoms with E-state index in [1.165, 1.54) is 5.56 Å². The molecule has 106 valence electrons. The number of benzene rings is 1. The van der Waals surface area contributed by atoms with E-state index in [1.54, 1.807) is 0 Å². The van der Waals surface area contributed by atoms with E-state index in [1.807, 2.05) is 45.9 Å². The molecule has 1 atom stereocenters. The van der Waals surface area contributed by atoms with Gasteiger partial charge in [0.2, 0.25) is 0 Å². The van der Waals surface area contributed by atoms with Gasteiger partial charge in [-0.25, -0.2) is 0 Å². The van der Waals surface area contributed by atoms with Gasteiger partial charge in [0.05, 0.1) is 5.41 Å². The molecule has 3 heteroatoms. The Kier molecular flexibility index (Phi) is 6.03. The zero-order valence-electron chi connectivity index (χ0n) is 12.4. The van der Waals surface area contributed by atoms with E-state index < -0.39 is 5.41 Å². The molecule has 0 amide bonds. The summed E-state index contributed by atoms with van der Waals surface area (Å²) in [6, 6.07) is 10.3. The molecular weight excluding hydrogens is 238 g/mol. The van der Waals surface area contributed by atoms with Crippen LogP contribution in [0, 0.1) is 5.41 Å². The quantitative estimate of drug-likeness (QED) is 0.633. The lowest BCUT2D eigenvalue weighted by molar-refractivity contribution is -0.157. The summed E-state index contributed by atoms with van der Waals surface area (Å²) in [5, 5.41) is 3.31. The lowest BCUT2D eigenvalue weighted by atomic mass is 9.97. The van der Waals surface area contributed by atoms with Crippen LogP contribution >= 0.6 is 0 Å². The van der Waals surface area contributed by atoms with Gasteiger partial charge in [-0.3, -0.25) is 4.79 Å². The van der Waals surface area contributed by atoms with E-state index in [0.29, 0.717) is 6.54 Å². The molecule has 1 unspecified atom stereocenters. The summed E-state index contributed by atoms with van der Waals surface area (Å²) < 4.78 is 5.37. The van der Waals surface area contributed by atoms with Crippen LogP contribution in [0.5, 0.6) is 0 Å². The summed E-state index contributed by atoms with van der Waals surface area (Å²) in [7, 11) is 0. The second-order valence-electron chi connectivity index (χ2n) is 5.91. The van der Waals surface area contributed by atoms with Crippen molar-refractivity contribution in [3.05, 3.63) is 35.9 Å². The number of rotatable bonds is 6. The molecule has 0 aliphatic rings. The minimum Gasteiger partial charge on any atom is -0.461 e. The Labute approximate surface area is 116 Å². The minimum absolute atomic E-state index is 0.0949. The SMILES string of the molecule is CC(CNCCc1ccccc1)OC(=O)C(C)(C)C. The number of carbonyl (C=O) groups is 1. The largest absolute Gasteiger partial charge is 0.461 e. The van der Waals surface area contributed by atoms with Crippen LogP contribution in [0.2, 0.25) is 0 Å². The molecule has 0 saturated carbocycles. The van der Waals surface area contributed by atoms with Crippen molar-refractivity contribution in [1.82, 2.24) is 5.32 Å². The second-order valence-corrected chi connectivity index (χ2v) is 5.91. The van der Waals surface area contributed by atoms with Crippen LogP contribution in [0.4, 0.5) is 0 Å². The molecule has 0 aliphatic heterocycles. The van der Waals surface area contributed by atoms with Gasteiger partial charge in [0.1, 0.15) is 6.10 Å². The van der Waals surface area contributed by atoms with Gasteiger partial charge in [-0.15, -0.1) is 0 Å². The standard InChI is InChI=1S/C16H25NO2/c1-13(19-15(18)16(2,3)4)12-17-11-10-14-8-6-5-7-9-14/h5-9,13,17H,10-12H2,1-4H3. The molecule has 0 heterocycles. The topological polar surface area (TPSA) is 38.3 Å². The Balaban J connectivity index is 2.17. The fraction of sp³-hybridized carbons (Fsp3) is 0.562. The number of hydrogen-bond donors (Lipinski definition) is 1. The van der Waals surface area contributed by atoms with Crippen molar-refractivity contribution < 1.29 is 9.53 Å². The van der Waals surface area contributed by atoms with E-state index in [-0.39, 0.29) is 12.1 Å². The molecule has 19 heavy (non-hydrogen) atoms. The van der Waals surface area contributed by atoms with Gasteiger partial charge in [0.25, 0.3) is 0 Å². The molecular formula is C16H25NO2. The monoisotopic (exact) mass is 263 g/mol. The Morgan fingerprint density at radius 3 is 2.47 bits per heavy atom. The van der Waals surface area contributed by atoms with Crippen molar-refractivity contribution in [2.75, 3.05) is 13.1 Å². The van der Waals surface area contributed by atoms with Gasteiger partial charge in [0, 0.05) is 6.54 Å². The summed E-state index contributed by atoms with van der Waals surface area (Å²) in [5.41, 5.74) is 0.882. The normalized spacial score (nSPS) is 13.1. The van der Waals surface area contributed by atoms with Gasteiger partial charge < -0.3 is 10.1 Å². The van der Waals surface area contributed by atoms with Crippen molar-refractivity contribution in [3.8, 4) is 0 Å². The summed E-state index contributed by atoms with van der Waals surface area (Å²) in [5.74, 6) is -0.148. The van der Waals surface area contributed by atoms with Crippen molar-refractivity contribution in [2.24, 2.45) is 5.41 Å². The molecule has 0 radical (unpaired) electrons. The summed E-state index contributed by atoms with van der Waals surface area (Å²) in [6.45, 7) is 9.09. The van der Waals surface area contributed by atoms with Crippen LogP contribution in [-0.2, 0) is 16.0 Å². The second kappa shape index (κ2) is 7.29. The van der Waals surface area contributed by atoms with E-state index in [0.717, 1.165) is 13.0 Å². The molecule has 0 saturated heterocycles. The molecule has 0 aliphatic carbocycles. The molecule has 3 nitrogen and oxygen atoms in total. The number of nitrogens with one attached hydrogen (secondary N) is 1. The molecule has 1 N–H and O–H groups in total. The first kappa shape index (κ1) is 15.7. The number of carbonyl (C=O) groups excluding carboxylic acids is 1. The van der Waals surface area contributed by atoms with E-state index in [2.05, 4.69) is 17.4 Å². The van der Waals surface area contributed by atoms with Crippen LogP contribution < -0.4 is 5.32 Å². The highest BCUT2D eigenvalue weighted by atomic mass is 16.5. The Hall–Kier alpha value is -1.35. The average molecular weight is 263 g/mol. The maximum absolute atomic E-state index is 11.7. The Morgan fingerprint density at radius 1 is 1.26 bits per heavy atom.